The fourth-order valence-electron chi connectivity index (χ4n) is 6.29. The van der Waals surface area contributed by atoms with Crippen molar-refractivity contribution in [3.05, 3.63) is 169 Å². The minimum atomic E-state index is -0.253. The van der Waals surface area contributed by atoms with Crippen LogP contribution in [-0.4, -0.2) is 36.0 Å². The van der Waals surface area contributed by atoms with Crippen molar-refractivity contribution >= 4 is 45.0 Å². The summed E-state index contributed by atoms with van der Waals surface area (Å²) < 4.78 is 16.7. The van der Waals surface area contributed by atoms with Crippen molar-refractivity contribution in [2.75, 3.05) is 24.9 Å². The molecule has 2 heterocycles. The molecule has 9 heteroatoms. The Morgan fingerprint density at radius 1 is 0.455 bits per heavy atom. The Bertz CT molecular complexity index is 2470. The van der Waals surface area contributed by atoms with Crippen LogP contribution in [0.4, 0.5) is 11.4 Å². The van der Waals surface area contributed by atoms with Crippen molar-refractivity contribution in [2.45, 2.75) is 0 Å². The number of benzene rings is 6. The lowest BCUT2D eigenvalue weighted by molar-refractivity contribution is 0.102. The zero-order chi connectivity index (χ0) is 37.7. The van der Waals surface area contributed by atoms with Crippen LogP contribution in [0.1, 0.15) is 20.7 Å². The molecule has 0 aliphatic heterocycles. The molecular formula is C46H34N4O5. The first-order chi connectivity index (χ1) is 26.9. The van der Waals surface area contributed by atoms with Gasteiger partial charge in [-0.25, -0.2) is 9.97 Å². The fraction of sp³-hybridized carbons (Fsp3) is 0.0435. The molecule has 55 heavy (non-hydrogen) atoms. The molecular weight excluding hydrogens is 689 g/mol. The predicted molar refractivity (Wildman–Crippen MR) is 216 cm³/mol. The summed E-state index contributed by atoms with van der Waals surface area (Å²) >= 11 is 0. The number of para-hydroxylation sites is 2. The lowest BCUT2D eigenvalue weighted by Gasteiger charge is -2.12. The van der Waals surface area contributed by atoms with Crippen molar-refractivity contribution < 1.29 is 23.8 Å². The molecule has 2 N–H and O–H groups in total. The van der Waals surface area contributed by atoms with E-state index in [1.807, 2.05) is 109 Å². The number of carbonyl (C=O) groups is 2. The number of carbonyl (C=O) groups excluding carboxylic acids is 2. The molecule has 0 aliphatic carbocycles. The number of pyridine rings is 2. The number of methoxy groups -OCH3 is 2. The van der Waals surface area contributed by atoms with Crippen LogP contribution in [0.2, 0.25) is 0 Å². The Hall–Kier alpha value is -7.52. The maximum Gasteiger partial charge on any atom is 0.256 e. The van der Waals surface area contributed by atoms with Crippen molar-refractivity contribution in [1.82, 2.24) is 9.97 Å². The molecule has 2 aromatic heterocycles. The number of hydrogen-bond donors (Lipinski definition) is 2. The van der Waals surface area contributed by atoms with E-state index in [9.17, 15) is 9.59 Å². The van der Waals surface area contributed by atoms with E-state index in [-0.39, 0.29) is 11.8 Å². The fourth-order valence-corrected chi connectivity index (χ4v) is 6.29. The SMILES string of the molecule is COc1ccc(-c2cc(C(=O)Nc3ccc(Oc4ccc(NC(=O)c5cc(-c6ccc(OC)cc6)nc6ccccc56)cc4)cc3)c3ccccc3n2)cc1. The number of aromatic nitrogens is 2. The molecule has 0 bridgehead atoms. The van der Waals surface area contributed by atoms with Gasteiger partial charge < -0.3 is 24.8 Å². The van der Waals surface area contributed by atoms with E-state index < -0.39 is 0 Å². The number of amides is 2. The van der Waals surface area contributed by atoms with Gasteiger partial charge in [-0.3, -0.25) is 9.59 Å². The Morgan fingerprint density at radius 3 is 1.20 bits per heavy atom. The smallest absolute Gasteiger partial charge is 0.256 e. The maximum atomic E-state index is 13.6. The van der Waals surface area contributed by atoms with Crippen molar-refractivity contribution in [1.29, 1.82) is 0 Å². The number of hydrogen-bond acceptors (Lipinski definition) is 7. The van der Waals surface area contributed by atoms with Crippen LogP contribution in [0, 0.1) is 0 Å². The van der Waals surface area contributed by atoms with Gasteiger partial charge in [0.05, 0.1) is 47.8 Å². The summed E-state index contributed by atoms with van der Waals surface area (Å²) in [7, 11) is 3.24. The summed E-state index contributed by atoms with van der Waals surface area (Å²) in [5.74, 6) is 2.15. The van der Waals surface area contributed by atoms with Gasteiger partial charge in [0.1, 0.15) is 23.0 Å². The Balaban J connectivity index is 0.943. The van der Waals surface area contributed by atoms with Crippen molar-refractivity contribution in [3.63, 3.8) is 0 Å². The van der Waals surface area contributed by atoms with Gasteiger partial charge in [-0.15, -0.1) is 0 Å². The van der Waals surface area contributed by atoms with E-state index in [4.69, 9.17) is 24.2 Å². The predicted octanol–water partition coefficient (Wildman–Crippen LogP) is 10.4. The number of nitrogens with zero attached hydrogens (tertiary/aromatic N) is 2. The molecule has 0 aliphatic rings. The molecule has 0 saturated carbocycles. The average molecular weight is 723 g/mol. The second-order valence-electron chi connectivity index (χ2n) is 12.7. The largest absolute Gasteiger partial charge is 0.497 e. The van der Waals surface area contributed by atoms with Gasteiger partial charge in [-0.1, -0.05) is 36.4 Å². The molecule has 0 atom stereocenters. The van der Waals surface area contributed by atoms with E-state index >= 15 is 0 Å². The molecule has 0 radical (unpaired) electrons. The highest BCUT2D eigenvalue weighted by Crippen LogP contribution is 2.30. The minimum absolute atomic E-state index is 0.253. The molecule has 2 amide bonds. The molecule has 8 rings (SSSR count). The number of ether oxygens (including phenoxy) is 3. The zero-order valence-electron chi connectivity index (χ0n) is 29.9. The summed E-state index contributed by atoms with van der Waals surface area (Å²) in [5, 5.41) is 7.54. The van der Waals surface area contributed by atoms with Crippen LogP contribution in [0.15, 0.2) is 158 Å². The highest BCUT2D eigenvalue weighted by atomic mass is 16.5. The lowest BCUT2D eigenvalue weighted by Crippen LogP contribution is -2.13. The van der Waals surface area contributed by atoms with Crippen LogP contribution >= 0.6 is 0 Å². The van der Waals surface area contributed by atoms with Crippen LogP contribution in [0.5, 0.6) is 23.0 Å². The molecule has 0 unspecified atom stereocenters. The van der Waals surface area contributed by atoms with E-state index in [0.29, 0.717) is 45.4 Å². The minimum Gasteiger partial charge on any atom is -0.497 e. The van der Waals surface area contributed by atoms with Gasteiger partial charge in [0.2, 0.25) is 0 Å². The second-order valence-corrected chi connectivity index (χ2v) is 12.7. The first kappa shape index (κ1) is 34.6. The third-order valence-corrected chi connectivity index (χ3v) is 9.15. The first-order valence-corrected chi connectivity index (χ1v) is 17.5. The molecule has 268 valence electrons. The quantitative estimate of drug-likeness (QED) is 0.145. The Morgan fingerprint density at radius 2 is 0.818 bits per heavy atom. The third-order valence-electron chi connectivity index (χ3n) is 9.15. The monoisotopic (exact) mass is 722 g/mol. The summed E-state index contributed by atoms with van der Waals surface area (Å²) in [6, 6.07) is 48.2. The highest BCUT2D eigenvalue weighted by Gasteiger charge is 2.16. The summed E-state index contributed by atoms with van der Waals surface area (Å²) in [4.78, 5) is 36.9. The van der Waals surface area contributed by atoms with Gasteiger partial charge in [-0.2, -0.15) is 0 Å². The van der Waals surface area contributed by atoms with E-state index in [0.717, 1.165) is 44.4 Å². The third kappa shape index (κ3) is 7.53. The van der Waals surface area contributed by atoms with Gasteiger partial charge in [-0.05, 0) is 121 Å². The molecule has 8 aromatic rings. The second kappa shape index (κ2) is 15.2. The Labute approximate surface area is 317 Å². The van der Waals surface area contributed by atoms with Crippen LogP contribution < -0.4 is 24.8 Å². The highest BCUT2D eigenvalue weighted by molar-refractivity contribution is 6.14. The number of rotatable bonds is 10. The standard InChI is InChI=1S/C46H34N4O5/c1-53-33-19-11-29(12-20-33)43-27-39(37-7-3-5-9-41(37)49-43)45(51)47-31-15-23-35(24-16-31)55-36-25-17-32(18-26-36)48-46(52)40-28-44(30-13-21-34(54-2)22-14-30)50-42-10-6-4-8-38(40)42/h3-28H,1-2H3,(H,47,51)(H,48,52). The number of anilines is 2. The lowest BCUT2D eigenvalue weighted by atomic mass is 10.0. The number of fused-ring (bicyclic) bond motifs is 2. The van der Waals surface area contributed by atoms with Crippen LogP contribution in [-0.2, 0) is 0 Å². The van der Waals surface area contributed by atoms with Crippen LogP contribution in [0.25, 0.3) is 44.3 Å². The summed E-state index contributed by atoms with van der Waals surface area (Å²) in [5.41, 5.74) is 6.81. The molecule has 9 nitrogen and oxygen atoms in total. The zero-order valence-corrected chi connectivity index (χ0v) is 29.9. The van der Waals surface area contributed by atoms with E-state index in [2.05, 4.69) is 10.6 Å². The van der Waals surface area contributed by atoms with E-state index in [1.165, 1.54) is 0 Å². The molecule has 0 saturated heterocycles. The number of nitrogens with one attached hydrogen (secondary N) is 2. The normalized spacial score (nSPS) is 10.9. The topological polar surface area (TPSA) is 112 Å². The van der Waals surface area contributed by atoms with Crippen molar-refractivity contribution in [2.24, 2.45) is 0 Å². The van der Waals surface area contributed by atoms with Gasteiger partial charge >= 0.3 is 0 Å². The van der Waals surface area contributed by atoms with Gasteiger partial charge in [0.25, 0.3) is 11.8 Å². The van der Waals surface area contributed by atoms with Gasteiger partial charge in [0, 0.05) is 33.3 Å². The molecule has 0 fully saturated rings. The average Bonchev–Trinajstić information content (AvgIpc) is 3.24. The molecule has 6 aromatic carbocycles. The Kier molecular flexibility index (Phi) is 9.56. The van der Waals surface area contributed by atoms with Crippen molar-refractivity contribution in [3.8, 4) is 45.5 Å². The first-order valence-electron chi connectivity index (χ1n) is 17.5. The van der Waals surface area contributed by atoms with Gasteiger partial charge in [0.15, 0.2) is 0 Å². The van der Waals surface area contributed by atoms with E-state index in [1.54, 1.807) is 62.8 Å². The summed E-state index contributed by atoms with van der Waals surface area (Å²) in [6.45, 7) is 0. The van der Waals surface area contributed by atoms with Crippen LogP contribution in [0.3, 0.4) is 0 Å². The molecule has 0 spiro atoms. The maximum absolute atomic E-state index is 13.6. The summed E-state index contributed by atoms with van der Waals surface area (Å²) in [6.07, 6.45) is 0.